The lowest BCUT2D eigenvalue weighted by Gasteiger charge is -2.32. The van der Waals surface area contributed by atoms with Crippen LogP contribution in [0.5, 0.6) is 0 Å². The van der Waals surface area contributed by atoms with Crippen molar-refractivity contribution in [3.8, 4) is 0 Å². The van der Waals surface area contributed by atoms with Gasteiger partial charge in [0.05, 0.1) is 12.7 Å². The molecule has 5 unspecified atom stereocenters. The Morgan fingerprint density at radius 3 is 3.00 bits per heavy atom. The highest BCUT2D eigenvalue weighted by Gasteiger charge is 2.50. The van der Waals surface area contributed by atoms with E-state index in [0.29, 0.717) is 6.10 Å². The van der Waals surface area contributed by atoms with Gasteiger partial charge >= 0.3 is 0 Å². The second kappa shape index (κ2) is 2.96. The van der Waals surface area contributed by atoms with E-state index in [4.69, 9.17) is 9.47 Å². The first-order valence-corrected chi connectivity index (χ1v) is 5.63. The third-order valence-electron chi connectivity index (χ3n) is 4.12. The Morgan fingerprint density at radius 2 is 2.08 bits per heavy atom. The Labute approximate surface area is 79.6 Å². The molecule has 1 saturated carbocycles. The van der Waals surface area contributed by atoms with Crippen LogP contribution in [-0.2, 0) is 9.47 Å². The lowest BCUT2D eigenvalue weighted by Crippen LogP contribution is -2.31. The third kappa shape index (κ3) is 1.15. The van der Waals surface area contributed by atoms with Gasteiger partial charge < -0.3 is 9.47 Å². The first-order valence-electron chi connectivity index (χ1n) is 5.63. The average Bonchev–Trinajstić information content (AvgIpc) is 2.62. The molecule has 2 nitrogen and oxygen atoms in total. The van der Waals surface area contributed by atoms with Crippen molar-refractivity contribution in [3.63, 3.8) is 0 Å². The maximum absolute atomic E-state index is 5.94. The average molecular weight is 182 g/mol. The van der Waals surface area contributed by atoms with E-state index < -0.39 is 0 Å². The largest absolute Gasteiger partial charge is 0.352 e. The monoisotopic (exact) mass is 182 g/mol. The van der Waals surface area contributed by atoms with E-state index in [9.17, 15) is 0 Å². The molecule has 0 aromatic rings. The SMILES string of the molecule is CC1CCCC2OC3OCCC3C12. The summed E-state index contributed by atoms with van der Waals surface area (Å²) >= 11 is 0. The van der Waals surface area contributed by atoms with E-state index in [0.717, 1.165) is 24.4 Å². The van der Waals surface area contributed by atoms with Crippen LogP contribution in [0, 0.1) is 17.8 Å². The molecular weight excluding hydrogens is 164 g/mol. The standard InChI is InChI=1S/C11H18O2/c1-7-3-2-4-9-10(7)8-5-6-12-11(8)13-9/h7-11H,2-6H2,1H3. The van der Waals surface area contributed by atoms with Gasteiger partial charge in [0.25, 0.3) is 0 Å². The van der Waals surface area contributed by atoms with E-state index in [-0.39, 0.29) is 6.29 Å². The van der Waals surface area contributed by atoms with Crippen LogP contribution >= 0.6 is 0 Å². The van der Waals surface area contributed by atoms with E-state index in [2.05, 4.69) is 6.92 Å². The molecule has 0 aromatic heterocycles. The number of hydrogen-bond acceptors (Lipinski definition) is 2. The molecule has 1 aliphatic carbocycles. The fourth-order valence-electron chi connectivity index (χ4n) is 3.52. The molecule has 2 heteroatoms. The van der Waals surface area contributed by atoms with Crippen molar-refractivity contribution >= 4 is 0 Å². The van der Waals surface area contributed by atoms with Crippen LogP contribution in [0.4, 0.5) is 0 Å². The van der Waals surface area contributed by atoms with Crippen LogP contribution < -0.4 is 0 Å². The third-order valence-corrected chi connectivity index (χ3v) is 4.12. The number of hydrogen-bond donors (Lipinski definition) is 0. The molecule has 74 valence electrons. The lowest BCUT2D eigenvalue weighted by atomic mass is 9.72. The molecule has 0 spiro atoms. The molecule has 3 aliphatic rings. The van der Waals surface area contributed by atoms with Crippen LogP contribution in [0.1, 0.15) is 32.6 Å². The zero-order chi connectivity index (χ0) is 8.84. The van der Waals surface area contributed by atoms with Gasteiger partial charge in [0.2, 0.25) is 0 Å². The Morgan fingerprint density at radius 1 is 1.15 bits per heavy atom. The Hall–Kier alpha value is -0.0800. The van der Waals surface area contributed by atoms with Gasteiger partial charge in [-0.15, -0.1) is 0 Å². The molecule has 0 bridgehead atoms. The highest BCUT2D eigenvalue weighted by Crippen LogP contribution is 2.48. The van der Waals surface area contributed by atoms with Gasteiger partial charge in [-0.05, 0) is 24.7 Å². The highest BCUT2D eigenvalue weighted by atomic mass is 16.7. The van der Waals surface area contributed by atoms with Crippen LogP contribution in [0.25, 0.3) is 0 Å². The molecule has 5 atom stereocenters. The van der Waals surface area contributed by atoms with Gasteiger partial charge in [-0.3, -0.25) is 0 Å². The first kappa shape index (κ1) is 8.25. The van der Waals surface area contributed by atoms with Crippen LogP contribution in [0.15, 0.2) is 0 Å². The summed E-state index contributed by atoms with van der Waals surface area (Å²) in [5.74, 6) is 2.39. The van der Waals surface area contributed by atoms with Crippen LogP contribution in [-0.4, -0.2) is 19.0 Å². The van der Waals surface area contributed by atoms with Gasteiger partial charge in [-0.2, -0.15) is 0 Å². The lowest BCUT2D eigenvalue weighted by molar-refractivity contribution is -0.122. The minimum atomic E-state index is 0.163. The normalized spacial score (nSPS) is 54.7. The van der Waals surface area contributed by atoms with Crippen molar-refractivity contribution in [1.82, 2.24) is 0 Å². The van der Waals surface area contributed by atoms with Gasteiger partial charge in [0.1, 0.15) is 0 Å². The second-order valence-corrected chi connectivity index (χ2v) is 4.85. The molecule has 2 aliphatic heterocycles. The molecule has 0 radical (unpaired) electrons. The molecule has 2 heterocycles. The minimum absolute atomic E-state index is 0.163. The summed E-state index contributed by atoms with van der Waals surface area (Å²) in [5.41, 5.74) is 0. The predicted molar refractivity (Wildman–Crippen MR) is 49.2 cm³/mol. The number of rotatable bonds is 0. The van der Waals surface area contributed by atoms with Gasteiger partial charge in [0.15, 0.2) is 6.29 Å². The van der Waals surface area contributed by atoms with Gasteiger partial charge in [0, 0.05) is 5.92 Å². The van der Waals surface area contributed by atoms with Crippen LogP contribution in [0.3, 0.4) is 0 Å². The van der Waals surface area contributed by atoms with E-state index in [1.54, 1.807) is 0 Å². The van der Waals surface area contributed by atoms with E-state index in [1.165, 1.54) is 25.7 Å². The van der Waals surface area contributed by atoms with Gasteiger partial charge in [-0.1, -0.05) is 19.8 Å². The summed E-state index contributed by atoms with van der Waals surface area (Å²) in [6.45, 7) is 3.31. The van der Waals surface area contributed by atoms with E-state index >= 15 is 0 Å². The maximum Gasteiger partial charge on any atom is 0.161 e. The molecule has 0 aromatic carbocycles. The van der Waals surface area contributed by atoms with Crippen molar-refractivity contribution < 1.29 is 9.47 Å². The topological polar surface area (TPSA) is 18.5 Å². The van der Waals surface area contributed by atoms with Crippen molar-refractivity contribution in [2.75, 3.05) is 6.61 Å². The summed E-state index contributed by atoms with van der Waals surface area (Å²) in [5, 5.41) is 0. The van der Waals surface area contributed by atoms with Crippen molar-refractivity contribution in [2.24, 2.45) is 17.8 Å². The van der Waals surface area contributed by atoms with Gasteiger partial charge in [-0.25, -0.2) is 0 Å². The Balaban J connectivity index is 1.83. The Kier molecular flexibility index (Phi) is 1.88. The molecule has 0 N–H and O–H groups in total. The zero-order valence-electron chi connectivity index (χ0n) is 8.24. The summed E-state index contributed by atoms with van der Waals surface area (Å²) in [6, 6.07) is 0. The molecule has 13 heavy (non-hydrogen) atoms. The molecule has 3 rings (SSSR count). The summed E-state index contributed by atoms with van der Waals surface area (Å²) < 4.78 is 11.5. The fourth-order valence-corrected chi connectivity index (χ4v) is 3.52. The van der Waals surface area contributed by atoms with Crippen LogP contribution in [0.2, 0.25) is 0 Å². The molecule has 2 saturated heterocycles. The summed E-state index contributed by atoms with van der Waals surface area (Å²) in [6.07, 6.45) is 5.94. The number of ether oxygens (including phenoxy) is 2. The quantitative estimate of drug-likeness (QED) is 0.571. The second-order valence-electron chi connectivity index (χ2n) is 4.85. The van der Waals surface area contributed by atoms with Crippen molar-refractivity contribution in [3.05, 3.63) is 0 Å². The summed E-state index contributed by atoms with van der Waals surface area (Å²) in [4.78, 5) is 0. The summed E-state index contributed by atoms with van der Waals surface area (Å²) in [7, 11) is 0. The van der Waals surface area contributed by atoms with E-state index in [1.807, 2.05) is 0 Å². The van der Waals surface area contributed by atoms with Crippen molar-refractivity contribution in [1.29, 1.82) is 0 Å². The zero-order valence-corrected chi connectivity index (χ0v) is 8.24. The maximum atomic E-state index is 5.94. The predicted octanol–water partition coefficient (Wildman–Crippen LogP) is 2.18. The Bertz CT molecular complexity index is 204. The molecular formula is C11H18O2. The van der Waals surface area contributed by atoms with Crippen molar-refractivity contribution in [2.45, 2.75) is 45.0 Å². The minimum Gasteiger partial charge on any atom is -0.352 e. The number of fused-ring (bicyclic) bond motifs is 3. The smallest absolute Gasteiger partial charge is 0.161 e. The first-order chi connectivity index (χ1) is 6.36. The highest BCUT2D eigenvalue weighted by molar-refractivity contribution is 4.94. The molecule has 0 amide bonds. The molecule has 3 fully saturated rings. The fraction of sp³-hybridized carbons (Fsp3) is 1.00.